The van der Waals surface area contributed by atoms with Crippen molar-refractivity contribution in [2.45, 2.75) is 46.4 Å². The van der Waals surface area contributed by atoms with E-state index in [9.17, 15) is 9.59 Å². The number of ether oxygens (including phenoxy) is 3. The van der Waals surface area contributed by atoms with Gasteiger partial charge in [0.1, 0.15) is 24.1 Å². The molecule has 0 saturated carbocycles. The monoisotopic (exact) mass is 618 g/mol. The number of hydrogen-bond acceptors (Lipinski definition) is 7. The fraction of sp³-hybridized carbons (Fsp3) is 0.216. The molecule has 2 heterocycles. The smallest absolute Gasteiger partial charge is 0.338 e. The van der Waals surface area contributed by atoms with Crippen molar-refractivity contribution < 1.29 is 19.0 Å². The molecule has 6 rings (SSSR count). The maximum atomic E-state index is 14.0. The number of esters is 1. The lowest BCUT2D eigenvalue weighted by molar-refractivity contribution is -0.139. The van der Waals surface area contributed by atoms with Gasteiger partial charge in [0.25, 0.3) is 5.56 Å². The third kappa shape index (κ3) is 6.19. The Balaban J connectivity index is 1.34. The predicted molar refractivity (Wildman–Crippen MR) is 177 cm³/mol. The number of thiazole rings is 1. The molecule has 5 aromatic rings. The SMILES string of the molecule is CCOC(=O)C1=C(C)N=c2s/c(=C/c3ccc(OCc4cccc5ccccc45)cc3)c(=O)n2[C@H]1c1ccccc1OC(C)C. The van der Waals surface area contributed by atoms with Gasteiger partial charge >= 0.3 is 5.97 Å². The first-order valence-corrected chi connectivity index (χ1v) is 15.8. The molecule has 45 heavy (non-hydrogen) atoms. The van der Waals surface area contributed by atoms with Gasteiger partial charge in [-0.2, -0.15) is 0 Å². The molecule has 0 N–H and O–H groups in total. The van der Waals surface area contributed by atoms with Crippen molar-refractivity contribution in [1.82, 2.24) is 4.57 Å². The van der Waals surface area contributed by atoms with E-state index in [-0.39, 0.29) is 18.3 Å². The molecule has 228 valence electrons. The summed E-state index contributed by atoms with van der Waals surface area (Å²) < 4.78 is 19.8. The normalized spacial score (nSPS) is 14.8. The van der Waals surface area contributed by atoms with Crippen LogP contribution in [0.1, 0.15) is 50.4 Å². The van der Waals surface area contributed by atoms with Gasteiger partial charge < -0.3 is 14.2 Å². The quantitative estimate of drug-likeness (QED) is 0.181. The van der Waals surface area contributed by atoms with Crippen LogP contribution < -0.4 is 24.4 Å². The summed E-state index contributed by atoms with van der Waals surface area (Å²) >= 11 is 1.29. The average molecular weight is 619 g/mol. The number of nitrogens with zero attached hydrogens (tertiary/aromatic N) is 2. The maximum Gasteiger partial charge on any atom is 0.338 e. The van der Waals surface area contributed by atoms with E-state index in [0.29, 0.717) is 38.5 Å². The molecule has 0 bridgehead atoms. The standard InChI is InChI=1S/C37H34N2O5S/c1-5-42-36(41)33-24(4)38-37-39(34(33)30-15-8-9-16-31(30)44-23(2)3)35(40)32(45-37)21-25-17-19-28(20-18-25)43-22-27-13-10-12-26-11-6-7-14-29(26)27/h6-21,23,34H,5,22H2,1-4H3/b32-21+/t34-/m0/s1. The van der Waals surface area contributed by atoms with Crippen molar-refractivity contribution in [3.63, 3.8) is 0 Å². The molecule has 0 unspecified atom stereocenters. The summed E-state index contributed by atoms with van der Waals surface area (Å²) in [7, 11) is 0. The predicted octanol–water partition coefficient (Wildman–Crippen LogP) is 6.32. The summed E-state index contributed by atoms with van der Waals surface area (Å²) in [4.78, 5) is 32.5. The van der Waals surface area contributed by atoms with Gasteiger partial charge in [0.15, 0.2) is 4.80 Å². The number of allylic oxidation sites excluding steroid dienone is 1. The molecule has 0 amide bonds. The van der Waals surface area contributed by atoms with Crippen LogP contribution >= 0.6 is 11.3 Å². The van der Waals surface area contributed by atoms with Crippen molar-refractivity contribution in [3.8, 4) is 11.5 Å². The van der Waals surface area contributed by atoms with Gasteiger partial charge in [-0.25, -0.2) is 9.79 Å². The van der Waals surface area contributed by atoms with Gasteiger partial charge in [0, 0.05) is 5.56 Å². The molecule has 4 aromatic carbocycles. The third-order valence-corrected chi connectivity index (χ3v) is 8.53. The number of aromatic nitrogens is 1. The lowest BCUT2D eigenvalue weighted by atomic mass is 9.95. The number of rotatable bonds is 9. The van der Waals surface area contributed by atoms with Crippen LogP contribution in [0.4, 0.5) is 0 Å². The molecule has 0 radical (unpaired) electrons. The van der Waals surface area contributed by atoms with E-state index < -0.39 is 12.0 Å². The third-order valence-electron chi connectivity index (χ3n) is 7.55. The summed E-state index contributed by atoms with van der Waals surface area (Å²) in [6.07, 6.45) is 1.74. The summed E-state index contributed by atoms with van der Waals surface area (Å²) in [5.41, 5.74) is 3.25. The van der Waals surface area contributed by atoms with Crippen LogP contribution in [0.5, 0.6) is 11.5 Å². The van der Waals surface area contributed by atoms with E-state index in [4.69, 9.17) is 14.2 Å². The molecule has 1 aliphatic rings. The molecule has 0 saturated heterocycles. The molecular formula is C37H34N2O5S. The van der Waals surface area contributed by atoms with Crippen LogP contribution in [0, 0.1) is 0 Å². The Bertz CT molecular complexity index is 2080. The first kappa shape index (κ1) is 30.1. The molecule has 1 aromatic heterocycles. The molecule has 0 spiro atoms. The number of benzene rings is 4. The topological polar surface area (TPSA) is 79.1 Å². The van der Waals surface area contributed by atoms with Crippen molar-refractivity contribution in [2.75, 3.05) is 6.61 Å². The van der Waals surface area contributed by atoms with Crippen molar-refractivity contribution in [2.24, 2.45) is 4.99 Å². The highest BCUT2D eigenvalue weighted by molar-refractivity contribution is 7.07. The molecule has 8 heteroatoms. The summed E-state index contributed by atoms with van der Waals surface area (Å²) in [6, 6.07) is 28.9. The van der Waals surface area contributed by atoms with Crippen LogP contribution in [0.3, 0.4) is 0 Å². The highest BCUT2D eigenvalue weighted by atomic mass is 32.1. The van der Waals surface area contributed by atoms with Crippen LogP contribution in [0.2, 0.25) is 0 Å². The van der Waals surface area contributed by atoms with Gasteiger partial charge in [-0.05, 0) is 73.9 Å². The van der Waals surface area contributed by atoms with Crippen LogP contribution in [-0.4, -0.2) is 23.2 Å². The second-order valence-corrected chi connectivity index (χ2v) is 12.0. The van der Waals surface area contributed by atoms with Crippen LogP contribution in [-0.2, 0) is 16.1 Å². The lowest BCUT2D eigenvalue weighted by Crippen LogP contribution is -2.40. The number of carbonyl (C=O) groups is 1. The zero-order valence-corrected chi connectivity index (χ0v) is 26.5. The maximum absolute atomic E-state index is 14.0. The van der Waals surface area contributed by atoms with E-state index in [1.165, 1.54) is 22.1 Å². The minimum atomic E-state index is -0.748. The molecule has 0 aliphatic carbocycles. The highest BCUT2D eigenvalue weighted by Gasteiger charge is 2.35. The van der Waals surface area contributed by atoms with Gasteiger partial charge in [-0.1, -0.05) is 84.1 Å². The van der Waals surface area contributed by atoms with Gasteiger partial charge in [0.05, 0.1) is 28.5 Å². The molecule has 0 fully saturated rings. The van der Waals surface area contributed by atoms with Gasteiger partial charge in [-0.15, -0.1) is 0 Å². The van der Waals surface area contributed by atoms with E-state index in [0.717, 1.165) is 16.9 Å². The Morgan fingerprint density at radius 2 is 1.71 bits per heavy atom. The fourth-order valence-electron chi connectivity index (χ4n) is 5.54. The van der Waals surface area contributed by atoms with E-state index in [1.54, 1.807) is 18.4 Å². The Hall–Kier alpha value is -4.95. The summed E-state index contributed by atoms with van der Waals surface area (Å²) in [5, 5.41) is 2.35. The first-order valence-electron chi connectivity index (χ1n) is 15.0. The summed E-state index contributed by atoms with van der Waals surface area (Å²) in [6.45, 7) is 8.07. The molecular weight excluding hydrogens is 584 g/mol. The summed E-state index contributed by atoms with van der Waals surface area (Å²) in [5.74, 6) is 0.831. The number of para-hydroxylation sites is 1. The largest absolute Gasteiger partial charge is 0.491 e. The highest BCUT2D eigenvalue weighted by Crippen LogP contribution is 2.36. The van der Waals surface area contributed by atoms with Crippen LogP contribution in [0.15, 0.2) is 112 Å². The Kier molecular flexibility index (Phi) is 8.67. The zero-order chi connectivity index (χ0) is 31.5. The van der Waals surface area contributed by atoms with E-state index >= 15 is 0 Å². The van der Waals surface area contributed by atoms with Gasteiger partial charge in [-0.3, -0.25) is 9.36 Å². The Morgan fingerprint density at radius 3 is 2.49 bits per heavy atom. The van der Waals surface area contributed by atoms with Gasteiger partial charge in [0.2, 0.25) is 0 Å². The van der Waals surface area contributed by atoms with Crippen molar-refractivity contribution in [3.05, 3.63) is 139 Å². The second-order valence-electron chi connectivity index (χ2n) is 11.0. The minimum absolute atomic E-state index is 0.0999. The Labute approximate surface area is 265 Å². The second kappa shape index (κ2) is 13.0. The Morgan fingerprint density at radius 1 is 0.978 bits per heavy atom. The van der Waals surface area contributed by atoms with E-state index in [2.05, 4.69) is 29.3 Å². The number of carbonyl (C=O) groups excluding carboxylic acids is 1. The zero-order valence-electron chi connectivity index (χ0n) is 25.7. The average Bonchev–Trinajstić information content (AvgIpc) is 3.33. The van der Waals surface area contributed by atoms with Crippen molar-refractivity contribution in [1.29, 1.82) is 0 Å². The first-order chi connectivity index (χ1) is 21.8. The van der Waals surface area contributed by atoms with Crippen molar-refractivity contribution >= 4 is 34.2 Å². The molecule has 1 aliphatic heterocycles. The fourth-order valence-corrected chi connectivity index (χ4v) is 6.59. The minimum Gasteiger partial charge on any atom is -0.491 e. The van der Waals surface area contributed by atoms with Crippen LogP contribution in [0.25, 0.3) is 16.8 Å². The number of fused-ring (bicyclic) bond motifs is 2. The molecule has 7 nitrogen and oxygen atoms in total. The van der Waals surface area contributed by atoms with E-state index in [1.807, 2.05) is 86.7 Å². The number of hydrogen-bond donors (Lipinski definition) is 0. The lowest BCUT2D eigenvalue weighted by Gasteiger charge is -2.26. The molecule has 1 atom stereocenters.